The average Bonchev–Trinajstić information content (AvgIpc) is 2.15. The van der Waals surface area contributed by atoms with Crippen LogP contribution in [0.4, 0.5) is 0 Å². The molecule has 0 aliphatic carbocycles. The minimum absolute atomic E-state index is 0.304. The number of ether oxygens (including phenoxy) is 1. The fraction of sp³-hybridized carbons (Fsp3) is 0.222. The van der Waals surface area contributed by atoms with E-state index in [2.05, 4.69) is 4.74 Å². The molecule has 0 aliphatic heterocycles. The van der Waals surface area contributed by atoms with Gasteiger partial charge in [0.2, 0.25) is 0 Å². The summed E-state index contributed by atoms with van der Waals surface area (Å²) < 4.78 is 4.48. The lowest BCUT2D eigenvalue weighted by molar-refractivity contribution is 0.267. The number of thioether (sulfide) groups is 1. The molecule has 0 saturated carbocycles. The second-order valence-corrected chi connectivity index (χ2v) is 3.10. The van der Waals surface area contributed by atoms with Gasteiger partial charge in [0, 0.05) is 4.90 Å². The van der Waals surface area contributed by atoms with Crippen LogP contribution in [-0.2, 0) is 16.1 Å². The summed E-state index contributed by atoms with van der Waals surface area (Å²) in [6.45, 7) is 1.69. The van der Waals surface area contributed by atoms with Gasteiger partial charge in [0.15, 0.2) is 0 Å². The summed E-state index contributed by atoms with van der Waals surface area (Å²) >= 11 is 1.68. The van der Waals surface area contributed by atoms with Gasteiger partial charge in [-0.25, -0.2) is 4.79 Å². The molecule has 0 N–H and O–H groups in total. The van der Waals surface area contributed by atoms with Crippen LogP contribution < -0.4 is 0 Å². The van der Waals surface area contributed by atoms with E-state index in [1.807, 2.05) is 30.5 Å². The quantitative estimate of drug-likeness (QED) is 0.664. The highest BCUT2D eigenvalue weighted by molar-refractivity contribution is 7.98. The Morgan fingerprint density at radius 2 is 2.08 bits per heavy atom. The molecule has 0 atom stereocenters. The number of hydrogen-bond donors (Lipinski definition) is 0. The summed E-state index contributed by atoms with van der Waals surface area (Å²) in [5, 5.41) is 0. The van der Waals surface area contributed by atoms with Gasteiger partial charge in [-0.1, -0.05) is 12.1 Å². The van der Waals surface area contributed by atoms with E-state index in [-0.39, 0.29) is 0 Å². The first-order chi connectivity index (χ1) is 5.86. The Hall–Kier alpha value is -0.960. The third kappa shape index (κ3) is 2.58. The van der Waals surface area contributed by atoms with Gasteiger partial charge in [0.05, 0.1) is 0 Å². The molecule has 0 saturated heterocycles. The monoisotopic (exact) mass is 181 g/mol. The van der Waals surface area contributed by atoms with E-state index in [0.29, 0.717) is 6.61 Å². The first-order valence-electron chi connectivity index (χ1n) is 3.48. The predicted octanol–water partition coefficient (Wildman–Crippen LogP) is 1.99. The van der Waals surface area contributed by atoms with Crippen LogP contribution in [0.2, 0.25) is 0 Å². The lowest BCUT2D eigenvalue weighted by Gasteiger charge is -1.99. The molecular formula is C9H9O2S. The van der Waals surface area contributed by atoms with Crippen LogP contribution in [0, 0.1) is 0 Å². The van der Waals surface area contributed by atoms with Gasteiger partial charge < -0.3 is 4.74 Å². The Labute approximate surface area is 75.9 Å². The molecular weight excluding hydrogens is 172 g/mol. The van der Waals surface area contributed by atoms with Gasteiger partial charge >= 0.3 is 6.47 Å². The molecule has 0 unspecified atom stereocenters. The van der Waals surface area contributed by atoms with Crippen molar-refractivity contribution in [1.29, 1.82) is 0 Å². The molecule has 0 aliphatic rings. The third-order valence-corrected chi connectivity index (χ3v) is 2.20. The van der Waals surface area contributed by atoms with Crippen LogP contribution in [0.15, 0.2) is 29.2 Å². The van der Waals surface area contributed by atoms with Crippen LogP contribution in [0.5, 0.6) is 0 Å². The molecule has 0 amide bonds. The van der Waals surface area contributed by atoms with Crippen molar-refractivity contribution in [3.63, 3.8) is 0 Å². The lowest BCUT2D eigenvalue weighted by atomic mass is 10.2. The van der Waals surface area contributed by atoms with E-state index < -0.39 is 0 Å². The molecule has 0 heterocycles. The predicted molar refractivity (Wildman–Crippen MR) is 48.7 cm³/mol. The fourth-order valence-corrected chi connectivity index (χ4v) is 1.24. The highest BCUT2D eigenvalue weighted by Crippen LogP contribution is 2.14. The normalized spacial score (nSPS) is 9.42. The minimum Gasteiger partial charge on any atom is -0.452 e. The van der Waals surface area contributed by atoms with Crippen molar-refractivity contribution in [1.82, 2.24) is 0 Å². The van der Waals surface area contributed by atoms with E-state index in [1.54, 1.807) is 11.8 Å². The van der Waals surface area contributed by atoms with Crippen molar-refractivity contribution in [2.24, 2.45) is 0 Å². The fourth-order valence-electron chi connectivity index (χ4n) is 0.835. The smallest absolute Gasteiger partial charge is 0.417 e. The molecule has 0 aromatic heterocycles. The maximum absolute atomic E-state index is 9.75. The van der Waals surface area contributed by atoms with E-state index >= 15 is 0 Å². The molecule has 63 valence electrons. The first kappa shape index (κ1) is 9.13. The molecule has 1 aromatic rings. The first-order valence-corrected chi connectivity index (χ1v) is 4.71. The Bertz CT molecular complexity index is 243. The van der Waals surface area contributed by atoms with Gasteiger partial charge in [0.1, 0.15) is 6.61 Å². The molecule has 1 radical (unpaired) electrons. The van der Waals surface area contributed by atoms with Crippen LogP contribution in [0.3, 0.4) is 0 Å². The highest BCUT2D eigenvalue weighted by atomic mass is 32.2. The van der Waals surface area contributed by atoms with Crippen molar-refractivity contribution in [2.75, 3.05) is 6.26 Å². The number of hydrogen-bond acceptors (Lipinski definition) is 3. The van der Waals surface area contributed by atoms with Crippen molar-refractivity contribution < 1.29 is 9.53 Å². The number of benzene rings is 1. The number of rotatable bonds is 4. The van der Waals surface area contributed by atoms with E-state index in [4.69, 9.17) is 0 Å². The molecule has 12 heavy (non-hydrogen) atoms. The Balaban J connectivity index is 2.58. The van der Waals surface area contributed by atoms with Gasteiger partial charge in [-0.3, -0.25) is 0 Å². The van der Waals surface area contributed by atoms with Crippen LogP contribution in [0.1, 0.15) is 5.56 Å². The Kier molecular flexibility index (Phi) is 3.67. The van der Waals surface area contributed by atoms with Crippen LogP contribution >= 0.6 is 11.8 Å². The largest absolute Gasteiger partial charge is 0.452 e. The summed E-state index contributed by atoms with van der Waals surface area (Å²) in [5.41, 5.74) is 0.983. The highest BCUT2D eigenvalue weighted by Gasteiger charge is 1.93. The zero-order valence-corrected chi connectivity index (χ0v) is 7.56. The summed E-state index contributed by atoms with van der Waals surface area (Å²) in [6.07, 6.45) is 2.02. The number of carbonyl (C=O) groups excluding carboxylic acids is 1. The molecule has 0 spiro atoms. The van der Waals surface area contributed by atoms with Crippen molar-refractivity contribution in [3.05, 3.63) is 29.8 Å². The summed E-state index contributed by atoms with van der Waals surface area (Å²) in [6, 6.07) is 7.86. The Morgan fingerprint density at radius 3 is 2.58 bits per heavy atom. The summed E-state index contributed by atoms with van der Waals surface area (Å²) in [5.74, 6) is 0. The molecule has 0 bridgehead atoms. The van der Waals surface area contributed by atoms with Crippen molar-refractivity contribution in [2.45, 2.75) is 11.5 Å². The summed E-state index contributed by atoms with van der Waals surface area (Å²) in [7, 11) is 0. The van der Waals surface area contributed by atoms with Crippen molar-refractivity contribution >= 4 is 18.2 Å². The topological polar surface area (TPSA) is 26.3 Å². The van der Waals surface area contributed by atoms with Crippen LogP contribution in [0.25, 0.3) is 0 Å². The lowest BCUT2D eigenvalue weighted by Crippen LogP contribution is -1.88. The zero-order chi connectivity index (χ0) is 8.81. The van der Waals surface area contributed by atoms with Gasteiger partial charge in [-0.05, 0) is 24.0 Å². The zero-order valence-electron chi connectivity index (χ0n) is 6.74. The molecule has 0 fully saturated rings. The van der Waals surface area contributed by atoms with Gasteiger partial charge in [-0.15, -0.1) is 11.8 Å². The maximum atomic E-state index is 9.75. The van der Waals surface area contributed by atoms with Gasteiger partial charge in [-0.2, -0.15) is 0 Å². The van der Waals surface area contributed by atoms with Crippen molar-refractivity contribution in [3.8, 4) is 0 Å². The molecule has 3 heteroatoms. The van der Waals surface area contributed by atoms with E-state index in [9.17, 15) is 4.79 Å². The second kappa shape index (κ2) is 4.83. The maximum Gasteiger partial charge on any atom is 0.417 e. The standard InChI is InChI=1S/C9H9O2S/c1-12-9-4-2-8(3-5-9)6-11-7-10/h2-5H,6H2,1H3. The third-order valence-electron chi connectivity index (χ3n) is 1.46. The van der Waals surface area contributed by atoms with Crippen LogP contribution in [-0.4, -0.2) is 12.7 Å². The Morgan fingerprint density at radius 1 is 1.42 bits per heavy atom. The average molecular weight is 181 g/mol. The van der Waals surface area contributed by atoms with Gasteiger partial charge in [0.25, 0.3) is 0 Å². The summed E-state index contributed by atoms with van der Waals surface area (Å²) in [4.78, 5) is 11.0. The minimum atomic E-state index is 0.304. The van der Waals surface area contributed by atoms with E-state index in [0.717, 1.165) is 5.56 Å². The molecule has 2 nitrogen and oxygen atoms in total. The van der Waals surface area contributed by atoms with E-state index in [1.165, 1.54) is 11.4 Å². The SMILES string of the molecule is CSc1ccc(CO[C]=O)cc1. The molecule has 1 aromatic carbocycles. The second-order valence-electron chi connectivity index (χ2n) is 2.22. The molecule has 1 rings (SSSR count).